The van der Waals surface area contributed by atoms with Gasteiger partial charge >= 0.3 is 0 Å². The van der Waals surface area contributed by atoms with Crippen LogP contribution in [0.3, 0.4) is 0 Å². The van der Waals surface area contributed by atoms with Crippen molar-refractivity contribution in [3.63, 3.8) is 0 Å². The highest BCUT2D eigenvalue weighted by molar-refractivity contribution is 9.10. The first-order valence-corrected chi connectivity index (χ1v) is 6.48. The van der Waals surface area contributed by atoms with Crippen LogP contribution >= 0.6 is 15.9 Å². The van der Waals surface area contributed by atoms with Gasteiger partial charge in [-0.25, -0.2) is 4.98 Å². The van der Waals surface area contributed by atoms with Crippen molar-refractivity contribution >= 4 is 27.7 Å². The molecule has 0 aliphatic heterocycles. The van der Waals surface area contributed by atoms with E-state index in [-0.39, 0.29) is 17.7 Å². The smallest absolute Gasteiger partial charge is 0.254 e. The molecule has 1 aromatic rings. The van der Waals surface area contributed by atoms with Crippen molar-refractivity contribution < 1.29 is 9.59 Å². The summed E-state index contributed by atoms with van der Waals surface area (Å²) in [5.41, 5.74) is 0.479. The van der Waals surface area contributed by atoms with E-state index in [1.54, 1.807) is 18.3 Å². The Kier molecular flexibility index (Phi) is 5.77. The van der Waals surface area contributed by atoms with E-state index in [4.69, 9.17) is 0 Å². The van der Waals surface area contributed by atoms with Gasteiger partial charge in [-0.1, -0.05) is 13.8 Å². The van der Waals surface area contributed by atoms with Gasteiger partial charge in [0.25, 0.3) is 5.91 Å². The van der Waals surface area contributed by atoms with Crippen LogP contribution in [0.1, 0.15) is 24.2 Å². The van der Waals surface area contributed by atoms with E-state index in [1.807, 2.05) is 13.8 Å². The number of halogens is 1. The van der Waals surface area contributed by atoms with Crippen LogP contribution in [0.2, 0.25) is 0 Å². The van der Waals surface area contributed by atoms with Crippen LogP contribution in [0, 0.1) is 5.92 Å². The van der Waals surface area contributed by atoms with Gasteiger partial charge in [0.05, 0.1) is 5.56 Å². The summed E-state index contributed by atoms with van der Waals surface area (Å²) in [6.07, 6.45) is 1.60. The molecule has 0 spiro atoms. The van der Waals surface area contributed by atoms with Gasteiger partial charge in [0.1, 0.15) is 4.60 Å². The maximum Gasteiger partial charge on any atom is 0.254 e. The normalized spacial score (nSPS) is 10.2. The van der Waals surface area contributed by atoms with Crippen LogP contribution in [-0.4, -0.2) is 29.9 Å². The van der Waals surface area contributed by atoms with E-state index in [2.05, 4.69) is 31.5 Å². The molecule has 0 saturated heterocycles. The van der Waals surface area contributed by atoms with Crippen molar-refractivity contribution in [1.82, 2.24) is 15.6 Å². The number of hydrogen-bond acceptors (Lipinski definition) is 3. The molecule has 0 fully saturated rings. The first-order chi connectivity index (χ1) is 8.52. The summed E-state index contributed by atoms with van der Waals surface area (Å²) in [5.74, 6) is -0.284. The largest absolute Gasteiger partial charge is 0.354 e. The Labute approximate surface area is 114 Å². The Hall–Kier alpha value is -1.43. The van der Waals surface area contributed by atoms with Crippen LogP contribution in [0.15, 0.2) is 22.9 Å². The van der Waals surface area contributed by atoms with E-state index in [0.717, 1.165) is 0 Å². The second-order valence-corrected chi connectivity index (χ2v) is 4.79. The van der Waals surface area contributed by atoms with Gasteiger partial charge in [-0.05, 0) is 28.1 Å². The molecule has 0 atom stereocenters. The van der Waals surface area contributed by atoms with E-state index in [0.29, 0.717) is 23.3 Å². The fourth-order valence-corrected chi connectivity index (χ4v) is 1.65. The van der Waals surface area contributed by atoms with Gasteiger partial charge in [-0.3, -0.25) is 9.59 Å². The quantitative estimate of drug-likeness (QED) is 0.636. The molecule has 0 unspecified atom stereocenters. The molecule has 0 bridgehead atoms. The number of amides is 2. The highest BCUT2D eigenvalue weighted by Crippen LogP contribution is 2.11. The van der Waals surface area contributed by atoms with E-state index in [1.165, 1.54) is 0 Å². The van der Waals surface area contributed by atoms with Crippen molar-refractivity contribution in [3.05, 3.63) is 28.5 Å². The van der Waals surface area contributed by atoms with Crippen molar-refractivity contribution in [1.29, 1.82) is 0 Å². The molecule has 0 aromatic carbocycles. The number of aromatic nitrogens is 1. The fraction of sp³-hybridized carbons (Fsp3) is 0.417. The van der Waals surface area contributed by atoms with Gasteiger partial charge in [-0.15, -0.1) is 0 Å². The Bertz CT molecular complexity index is 435. The zero-order valence-corrected chi connectivity index (χ0v) is 12.0. The molecule has 18 heavy (non-hydrogen) atoms. The Morgan fingerprint density at radius 2 is 2.00 bits per heavy atom. The minimum atomic E-state index is -0.214. The van der Waals surface area contributed by atoms with Crippen LogP contribution < -0.4 is 10.6 Å². The highest BCUT2D eigenvalue weighted by Gasteiger charge is 2.10. The molecular weight excluding hydrogens is 298 g/mol. The molecule has 0 radical (unpaired) electrons. The molecule has 5 nitrogen and oxygen atoms in total. The highest BCUT2D eigenvalue weighted by atomic mass is 79.9. The zero-order valence-electron chi connectivity index (χ0n) is 10.4. The lowest BCUT2D eigenvalue weighted by atomic mass is 10.2. The molecular formula is C12H16BrN3O2. The van der Waals surface area contributed by atoms with E-state index < -0.39 is 0 Å². The van der Waals surface area contributed by atoms with Crippen LogP contribution in [-0.2, 0) is 4.79 Å². The maximum absolute atomic E-state index is 11.8. The van der Waals surface area contributed by atoms with Gasteiger partial charge in [0.2, 0.25) is 5.91 Å². The van der Waals surface area contributed by atoms with Gasteiger partial charge in [-0.2, -0.15) is 0 Å². The van der Waals surface area contributed by atoms with Crippen molar-refractivity contribution in [3.8, 4) is 0 Å². The molecule has 98 valence electrons. The number of pyridine rings is 1. The SMILES string of the molecule is CC(C)C(=O)NCCNC(=O)c1cccnc1Br. The maximum atomic E-state index is 11.8. The summed E-state index contributed by atoms with van der Waals surface area (Å²) in [7, 11) is 0. The third-order valence-electron chi connectivity index (χ3n) is 2.24. The molecule has 0 aliphatic rings. The average Bonchev–Trinajstić information content (AvgIpc) is 2.34. The lowest BCUT2D eigenvalue weighted by Gasteiger charge is -2.09. The second-order valence-electron chi connectivity index (χ2n) is 4.04. The number of rotatable bonds is 5. The number of carbonyl (C=O) groups excluding carboxylic acids is 2. The summed E-state index contributed by atoms with van der Waals surface area (Å²) >= 11 is 3.21. The Morgan fingerprint density at radius 1 is 1.33 bits per heavy atom. The van der Waals surface area contributed by atoms with Crippen molar-refractivity contribution in [2.45, 2.75) is 13.8 Å². The zero-order chi connectivity index (χ0) is 13.5. The topological polar surface area (TPSA) is 71.1 Å². The molecule has 0 saturated carbocycles. The number of hydrogen-bond donors (Lipinski definition) is 2. The Morgan fingerprint density at radius 3 is 2.61 bits per heavy atom. The Balaban J connectivity index is 2.35. The summed E-state index contributed by atoms with van der Waals surface area (Å²) < 4.78 is 0.508. The van der Waals surface area contributed by atoms with E-state index in [9.17, 15) is 9.59 Å². The molecule has 1 rings (SSSR count). The summed E-state index contributed by atoms with van der Waals surface area (Å²) in [6.45, 7) is 4.45. The van der Waals surface area contributed by atoms with Crippen molar-refractivity contribution in [2.24, 2.45) is 5.92 Å². The minimum Gasteiger partial charge on any atom is -0.354 e. The fourth-order valence-electron chi connectivity index (χ4n) is 1.22. The second kappa shape index (κ2) is 7.10. The number of carbonyl (C=O) groups is 2. The van der Waals surface area contributed by atoms with E-state index >= 15 is 0 Å². The lowest BCUT2D eigenvalue weighted by molar-refractivity contribution is -0.123. The van der Waals surface area contributed by atoms with Crippen LogP contribution in [0.5, 0.6) is 0 Å². The molecule has 2 N–H and O–H groups in total. The predicted octanol–water partition coefficient (Wildman–Crippen LogP) is 1.35. The molecule has 1 heterocycles. The third-order valence-corrected chi connectivity index (χ3v) is 2.87. The number of nitrogens with zero attached hydrogens (tertiary/aromatic N) is 1. The molecule has 0 aliphatic carbocycles. The van der Waals surface area contributed by atoms with Crippen LogP contribution in [0.4, 0.5) is 0 Å². The van der Waals surface area contributed by atoms with Gasteiger partial charge < -0.3 is 10.6 Å². The molecule has 6 heteroatoms. The van der Waals surface area contributed by atoms with Gasteiger partial charge in [0.15, 0.2) is 0 Å². The summed E-state index contributed by atoms with van der Waals surface area (Å²) in [6, 6.07) is 3.37. The standard InChI is InChI=1S/C12H16BrN3O2/c1-8(2)11(17)15-6-7-16-12(18)9-4-3-5-14-10(9)13/h3-5,8H,6-7H2,1-2H3,(H,15,17)(H,16,18). The molecule has 1 aromatic heterocycles. The van der Waals surface area contributed by atoms with Gasteiger partial charge in [0, 0.05) is 25.2 Å². The summed E-state index contributed by atoms with van der Waals surface area (Å²) in [4.78, 5) is 27.0. The first-order valence-electron chi connectivity index (χ1n) is 5.68. The first kappa shape index (κ1) is 14.6. The number of nitrogens with one attached hydrogen (secondary N) is 2. The average molecular weight is 314 g/mol. The van der Waals surface area contributed by atoms with Crippen molar-refractivity contribution in [2.75, 3.05) is 13.1 Å². The summed E-state index contributed by atoms with van der Waals surface area (Å²) in [5, 5.41) is 5.43. The lowest BCUT2D eigenvalue weighted by Crippen LogP contribution is -2.36. The predicted molar refractivity (Wildman–Crippen MR) is 72.1 cm³/mol. The monoisotopic (exact) mass is 313 g/mol. The third kappa shape index (κ3) is 4.44. The minimum absolute atomic E-state index is 0.0215. The molecule has 2 amide bonds. The van der Waals surface area contributed by atoms with Crippen LogP contribution in [0.25, 0.3) is 0 Å².